The molecule has 8 heteroatoms. The first-order chi connectivity index (χ1) is 12.2. The molecule has 0 aliphatic heterocycles. The lowest BCUT2D eigenvalue weighted by atomic mass is 10.2. The van der Waals surface area contributed by atoms with Gasteiger partial charge in [-0.2, -0.15) is 14.9 Å². The van der Waals surface area contributed by atoms with Crippen molar-refractivity contribution in [2.24, 2.45) is 5.10 Å². The van der Waals surface area contributed by atoms with Crippen LogP contribution in [0, 0.1) is 4.77 Å². The van der Waals surface area contributed by atoms with Gasteiger partial charge in [-0.3, -0.25) is 5.10 Å². The number of ether oxygens (including phenoxy) is 2. The number of para-hydroxylation sites is 1. The van der Waals surface area contributed by atoms with Crippen LogP contribution < -0.4 is 9.47 Å². The molecule has 0 saturated carbocycles. The van der Waals surface area contributed by atoms with E-state index in [1.165, 1.54) is 4.88 Å². The van der Waals surface area contributed by atoms with Crippen molar-refractivity contribution in [3.63, 3.8) is 0 Å². The van der Waals surface area contributed by atoms with Crippen molar-refractivity contribution in [3.8, 4) is 11.5 Å². The molecule has 0 spiro atoms. The van der Waals surface area contributed by atoms with E-state index < -0.39 is 0 Å². The Balaban J connectivity index is 1.93. The summed E-state index contributed by atoms with van der Waals surface area (Å²) >= 11 is 6.97. The van der Waals surface area contributed by atoms with Crippen molar-refractivity contribution in [1.29, 1.82) is 0 Å². The zero-order chi connectivity index (χ0) is 17.6. The summed E-state index contributed by atoms with van der Waals surface area (Å²) < 4.78 is 13.1. The summed E-state index contributed by atoms with van der Waals surface area (Å²) in [4.78, 5) is 1.20. The van der Waals surface area contributed by atoms with Gasteiger partial charge in [0, 0.05) is 16.9 Å². The fraction of sp³-hybridized carbons (Fsp3) is 0.235. The van der Waals surface area contributed by atoms with E-state index >= 15 is 0 Å². The second-order valence-electron chi connectivity index (χ2n) is 5.07. The molecule has 2 heterocycles. The van der Waals surface area contributed by atoms with Crippen LogP contribution in [0.5, 0.6) is 11.5 Å². The minimum Gasteiger partial charge on any atom is -0.493 e. The van der Waals surface area contributed by atoms with Crippen LogP contribution in [-0.4, -0.2) is 34.8 Å². The molecular weight excluding hydrogens is 356 g/mol. The molecule has 0 unspecified atom stereocenters. The first kappa shape index (κ1) is 17.4. The second-order valence-corrected chi connectivity index (χ2v) is 6.49. The van der Waals surface area contributed by atoms with E-state index in [0.717, 1.165) is 11.4 Å². The molecule has 1 aromatic carbocycles. The Morgan fingerprint density at radius 1 is 1.36 bits per heavy atom. The van der Waals surface area contributed by atoms with Gasteiger partial charge in [-0.05, 0) is 42.7 Å². The molecule has 0 aliphatic rings. The predicted octanol–water partition coefficient (Wildman–Crippen LogP) is 3.88. The highest BCUT2D eigenvalue weighted by molar-refractivity contribution is 7.71. The number of H-pyrrole nitrogens is 1. The molecule has 1 N–H and O–H groups in total. The third kappa shape index (κ3) is 3.97. The van der Waals surface area contributed by atoms with Crippen molar-refractivity contribution in [1.82, 2.24) is 14.9 Å². The number of hydrogen-bond donors (Lipinski definition) is 1. The average molecular weight is 374 g/mol. The SMILES string of the molecule is CCOc1c(/C=N\n2c(Cc3cccs3)n[nH]c2=S)cccc1OC. The lowest BCUT2D eigenvalue weighted by molar-refractivity contribution is 0.310. The number of thiophene rings is 1. The summed E-state index contributed by atoms with van der Waals surface area (Å²) in [6.45, 7) is 2.47. The van der Waals surface area contributed by atoms with Gasteiger partial charge >= 0.3 is 0 Å². The highest BCUT2D eigenvalue weighted by Crippen LogP contribution is 2.30. The highest BCUT2D eigenvalue weighted by atomic mass is 32.1. The monoisotopic (exact) mass is 374 g/mol. The standard InChI is InChI=1S/C17H18N4O2S2/c1-3-23-16-12(6-4-8-14(16)22-2)11-18-21-15(19-20-17(21)24)10-13-7-5-9-25-13/h4-9,11H,3,10H2,1-2H3,(H,20,24)/b18-11-. The minimum absolute atomic E-state index is 0.448. The van der Waals surface area contributed by atoms with Crippen molar-refractivity contribution < 1.29 is 9.47 Å². The molecule has 0 fully saturated rings. The van der Waals surface area contributed by atoms with Gasteiger partial charge in [0.25, 0.3) is 0 Å². The summed E-state index contributed by atoms with van der Waals surface area (Å²) in [5.74, 6) is 2.08. The lowest BCUT2D eigenvalue weighted by Crippen LogP contribution is -2.02. The third-order valence-electron chi connectivity index (χ3n) is 3.46. The Morgan fingerprint density at radius 2 is 2.24 bits per heavy atom. The number of hydrogen-bond acceptors (Lipinski definition) is 6. The number of nitrogens with one attached hydrogen (secondary N) is 1. The van der Waals surface area contributed by atoms with Crippen LogP contribution in [-0.2, 0) is 6.42 Å². The molecular formula is C17H18N4O2S2. The quantitative estimate of drug-likeness (QED) is 0.503. The zero-order valence-corrected chi connectivity index (χ0v) is 15.6. The Kier molecular flexibility index (Phi) is 5.62. The molecule has 0 aliphatic carbocycles. The van der Waals surface area contributed by atoms with Gasteiger partial charge in [0.15, 0.2) is 17.3 Å². The fourth-order valence-electron chi connectivity index (χ4n) is 2.34. The van der Waals surface area contributed by atoms with Crippen LogP contribution in [0.2, 0.25) is 0 Å². The fourth-order valence-corrected chi connectivity index (χ4v) is 3.24. The minimum atomic E-state index is 0.448. The van der Waals surface area contributed by atoms with Crippen molar-refractivity contribution >= 4 is 29.8 Å². The van der Waals surface area contributed by atoms with E-state index in [4.69, 9.17) is 21.7 Å². The maximum absolute atomic E-state index is 5.70. The molecule has 2 aromatic heterocycles. The van der Waals surface area contributed by atoms with E-state index in [0.29, 0.717) is 29.3 Å². The van der Waals surface area contributed by atoms with Crippen LogP contribution in [0.4, 0.5) is 0 Å². The first-order valence-corrected chi connectivity index (χ1v) is 9.04. The van der Waals surface area contributed by atoms with Gasteiger partial charge in [0.2, 0.25) is 4.77 Å². The smallest absolute Gasteiger partial charge is 0.216 e. The molecule has 3 rings (SSSR count). The summed E-state index contributed by atoms with van der Waals surface area (Å²) in [6, 6.07) is 9.74. The van der Waals surface area contributed by atoms with E-state index in [1.54, 1.807) is 29.3 Å². The molecule has 3 aromatic rings. The summed E-state index contributed by atoms with van der Waals surface area (Å²) in [6.07, 6.45) is 2.37. The maximum atomic E-state index is 5.70. The van der Waals surface area contributed by atoms with Gasteiger partial charge in [-0.1, -0.05) is 12.1 Å². The summed E-state index contributed by atoms with van der Waals surface area (Å²) in [7, 11) is 1.62. The predicted molar refractivity (Wildman–Crippen MR) is 102 cm³/mol. The van der Waals surface area contributed by atoms with Crippen molar-refractivity contribution in [2.45, 2.75) is 13.3 Å². The third-order valence-corrected chi connectivity index (χ3v) is 4.60. The van der Waals surface area contributed by atoms with Crippen LogP contribution in [0.1, 0.15) is 23.2 Å². The molecule has 0 atom stereocenters. The number of aromatic amines is 1. The zero-order valence-electron chi connectivity index (χ0n) is 13.9. The van der Waals surface area contributed by atoms with E-state index in [1.807, 2.05) is 36.6 Å². The molecule has 6 nitrogen and oxygen atoms in total. The van der Waals surface area contributed by atoms with Gasteiger partial charge in [-0.15, -0.1) is 11.3 Å². The number of benzene rings is 1. The molecule has 0 saturated heterocycles. The van der Waals surface area contributed by atoms with Crippen LogP contribution in [0.25, 0.3) is 0 Å². The largest absolute Gasteiger partial charge is 0.493 e. The Bertz CT molecular complexity index is 913. The van der Waals surface area contributed by atoms with E-state index in [2.05, 4.69) is 21.4 Å². The Morgan fingerprint density at radius 3 is 2.96 bits per heavy atom. The average Bonchev–Trinajstić information content (AvgIpc) is 3.25. The van der Waals surface area contributed by atoms with Gasteiger partial charge in [0.1, 0.15) is 0 Å². The van der Waals surface area contributed by atoms with Crippen LogP contribution >= 0.6 is 23.6 Å². The second kappa shape index (κ2) is 8.09. The molecule has 0 bridgehead atoms. The first-order valence-electron chi connectivity index (χ1n) is 7.75. The molecule has 0 radical (unpaired) electrons. The molecule has 130 valence electrons. The number of rotatable bonds is 7. The number of aromatic nitrogens is 3. The number of methoxy groups -OCH3 is 1. The normalized spacial score (nSPS) is 11.1. The Hall–Kier alpha value is -2.45. The topological polar surface area (TPSA) is 64.4 Å². The summed E-state index contributed by atoms with van der Waals surface area (Å²) in [5.41, 5.74) is 0.811. The highest BCUT2D eigenvalue weighted by Gasteiger charge is 2.10. The van der Waals surface area contributed by atoms with E-state index in [-0.39, 0.29) is 0 Å². The number of nitrogens with zero attached hydrogens (tertiary/aromatic N) is 3. The van der Waals surface area contributed by atoms with Crippen molar-refractivity contribution in [2.75, 3.05) is 13.7 Å². The van der Waals surface area contributed by atoms with Gasteiger partial charge < -0.3 is 9.47 Å². The van der Waals surface area contributed by atoms with Crippen LogP contribution in [0.15, 0.2) is 40.8 Å². The molecule has 0 amide bonds. The maximum Gasteiger partial charge on any atom is 0.216 e. The van der Waals surface area contributed by atoms with E-state index in [9.17, 15) is 0 Å². The van der Waals surface area contributed by atoms with Gasteiger partial charge in [-0.25, -0.2) is 0 Å². The Labute approximate surface area is 154 Å². The van der Waals surface area contributed by atoms with Gasteiger partial charge in [0.05, 0.1) is 19.9 Å². The lowest BCUT2D eigenvalue weighted by Gasteiger charge is -2.11. The van der Waals surface area contributed by atoms with Crippen molar-refractivity contribution in [3.05, 3.63) is 56.7 Å². The summed E-state index contributed by atoms with van der Waals surface area (Å²) in [5, 5.41) is 13.6. The molecule has 25 heavy (non-hydrogen) atoms. The van der Waals surface area contributed by atoms with Crippen LogP contribution in [0.3, 0.4) is 0 Å².